The maximum Gasteiger partial charge on any atom is 0.204 e. The van der Waals surface area contributed by atoms with Crippen molar-refractivity contribution in [1.29, 1.82) is 0 Å². The minimum Gasteiger partial charge on any atom is -0.489 e. The number of halogens is 1. The average Bonchev–Trinajstić information content (AvgIpc) is 3.25. The summed E-state index contributed by atoms with van der Waals surface area (Å²) < 4.78 is 8.98. The van der Waals surface area contributed by atoms with Crippen LogP contribution in [0, 0.1) is 0 Å². The first-order chi connectivity index (χ1) is 9.81. The molecule has 0 amide bonds. The third-order valence-electron chi connectivity index (χ3n) is 4.06. The summed E-state index contributed by atoms with van der Waals surface area (Å²) in [5.41, 5.74) is 2.13. The fourth-order valence-electron chi connectivity index (χ4n) is 2.81. The molecule has 1 atom stereocenters. The number of ether oxygens (including phenoxy) is 1. The summed E-state index contributed by atoms with van der Waals surface area (Å²) in [5, 5.41) is 11.6. The predicted molar refractivity (Wildman–Crippen MR) is 79.2 cm³/mol. The monoisotopic (exact) mass is 336 g/mol. The van der Waals surface area contributed by atoms with Gasteiger partial charge in [-0.05, 0) is 54.1 Å². The van der Waals surface area contributed by atoms with Crippen molar-refractivity contribution in [1.82, 2.24) is 19.9 Å². The van der Waals surface area contributed by atoms with Gasteiger partial charge in [-0.25, -0.2) is 0 Å². The van der Waals surface area contributed by atoms with Crippen LogP contribution in [0.5, 0.6) is 5.75 Å². The largest absolute Gasteiger partial charge is 0.489 e. The van der Waals surface area contributed by atoms with Gasteiger partial charge in [0.05, 0.1) is 0 Å². The summed E-state index contributed by atoms with van der Waals surface area (Å²) in [5.74, 6) is 1.63. The Labute approximate surface area is 125 Å². The quantitative estimate of drug-likeness (QED) is 0.935. The van der Waals surface area contributed by atoms with E-state index in [1.165, 1.54) is 24.8 Å². The molecule has 2 aliphatic rings. The number of rotatable bonds is 3. The zero-order chi connectivity index (χ0) is 13.5. The van der Waals surface area contributed by atoms with Crippen molar-refractivity contribution in [2.24, 2.45) is 0 Å². The molecule has 0 bridgehead atoms. The summed E-state index contributed by atoms with van der Waals surface area (Å²) in [6.45, 7) is 2.04. The number of nitrogens with zero attached hydrogens (tertiary/aromatic N) is 3. The summed E-state index contributed by atoms with van der Waals surface area (Å²) >= 11 is 3.43. The molecule has 2 aromatic heterocycles. The maximum absolute atomic E-state index is 6.25. The second-order valence-electron chi connectivity index (χ2n) is 5.65. The van der Waals surface area contributed by atoms with Gasteiger partial charge in [-0.1, -0.05) is 0 Å². The normalized spacial score (nSPS) is 23.1. The van der Waals surface area contributed by atoms with E-state index in [0.717, 1.165) is 35.6 Å². The molecule has 0 spiro atoms. The van der Waals surface area contributed by atoms with Crippen LogP contribution in [0.2, 0.25) is 0 Å². The fourth-order valence-corrected chi connectivity index (χ4v) is 3.17. The number of hydrogen-bond donors (Lipinski definition) is 1. The molecule has 1 aliphatic heterocycles. The molecule has 1 saturated heterocycles. The van der Waals surface area contributed by atoms with E-state index in [1.807, 2.05) is 10.5 Å². The molecule has 0 radical (unpaired) electrons. The van der Waals surface area contributed by atoms with Crippen LogP contribution < -0.4 is 10.1 Å². The van der Waals surface area contributed by atoms with Crippen molar-refractivity contribution in [3.8, 4) is 5.75 Å². The molecule has 1 aliphatic carbocycles. The third-order valence-corrected chi connectivity index (χ3v) is 4.60. The molecule has 4 rings (SSSR count). The van der Waals surface area contributed by atoms with Gasteiger partial charge in [-0.2, -0.15) is 0 Å². The standard InChI is InChI=1S/C14H17BrN4O/c15-14-18-17-13-6-12(20-10-2-1-5-16-7-10)11(8-19(13)14)9-3-4-9/h6,8-10,16H,1-5,7H2/t10-/m1/s1. The number of hydrogen-bond acceptors (Lipinski definition) is 4. The Kier molecular flexibility index (Phi) is 3.15. The highest BCUT2D eigenvalue weighted by atomic mass is 79.9. The van der Waals surface area contributed by atoms with E-state index >= 15 is 0 Å². The summed E-state index contributed by atoms with van der Waals surface area (Å²) in [7, 11) is 0. The zero-order valence-corrected chi connectivity index (χ0v) is 12.8. The van der Waals surface area contributed by atoms with Crippen molar-refractivity contribution in [2.45, 2.75) is 37.7 Å². The molecule has 20 heavy (non-hydrogen) atoms. The molecular formula is C14H17BrN4O. The van der Waals surface area contributed by atoms with Crippen LogP contribution in [0.3, 0.4) is 0 Å². The van der Waals surface area contributed by atoms with Gasteiger partial charge in [0.25, 0.3) is 0 Å². The second kappa shape index (κ2) is 5.00. The molecule has 2 aromatic rings. The minimum absolute atomic E-state index is 0.273. The predicted octanol–water partition coefficient (Wildman–Crippen LogP) is 2.50. The third kappa shape index (κ3) is 2.31. The summed E-state index contributed by atoms with van der Waals surface area (Å²) in [4.78, 5) is 0. The Morgan fingerprint density at radius 3 is 2.95 bits per heavy atom. The molecule has 1 N–H and O–H groups in total. The lowest BCUT2D eigenvalue weighted by molar-refractivity contribution is 0.165. The Balaban J connectivity index is 1.70. The molecule has 106 valence electrons. The minimum atomic E-state index is 0.273. The Morgan fingerprint density at radius 2 is 2.20 bits per heavy atom. The average molecular weight is 337 g/mol. The number of nitrogens with one attached hydrogen (secondary N) is 1. The lowest BCUT2D eigenvalue weighted by atomic mass is 10.1. The van der Waals surface area contributed by atoms with E-state index in [9.17, 15) is 0 Å². The fraction of sp³-hybridized carbons (Fsp3) is 0.571. The number of aromatic nitrogens is 3. The maximum atomic E-state index is 6.25. The van der Waals surface area contributed by atoms with Crippen molar-refractivity contribution in [3.05, 3.63) is 22.6 Å². The van der Waals surface area contributed by atoms with Gasteiger partial charge in [0.2, 0.25) is 4.73 Å². The van der Waals surface area contributed by atoms with Gasteiger partial charge < -0.3 is 10.1 Å². The molecule has 0 unspecified atom stereocenters. The van der Waals surface area contributed by atoms with Crippen molar-refractivity contribution in [3.63, 3.8) is 0 Å². The van der Waals surface area contributed by atoms with Gasteiger partial charge >= 0.3 is 0 Å². The van der Waals surface area contributed by atoms with Crippen LogP contribution in [0.15, 0.2) is 17.0 Å². The van der Waals surface area contributed by atoms with Crippen molar-refractivity contribution in [2.75, 3.05) is 13.1 Å². The van der Waals surface area contributed by atoms with Gasteiger partial charge in [0.15, 0.2) is 5.65 Å². The first-order valence-corrected chi connectivity index (χ1v) is 8.02. The topological polar surface area (TPSA) is 51.5 Å². The highest BCUT2D eigenvalue weighted by molar-refractivity contribution is 9.10. The van der Waals surface area contributed by atoms with Gasteiger partial charge in [0.1, 0.15) is 11.9 Å². The second-order valence-corrected chi connectivity index (χ2v) is 6.36. The first-order valence-electron chi connectivity index (χ1n) is 7.23. The lowest BCUT2D eigenvalue weighted by Gasteiger charge is -2.25. The number of piperidine rings is 1. The molecule has 3 heterocycles. The van der Waals surface area contributed by atoms with Crippen LogP contribution in [-0.4, -0.2) is 33.8 Å². The highest BCUT2D eigenvalue weighted by Gasteiger charge is 2.29. The van der Waals surface area contributed by atoms with E-state index in [1.54, 1.807) is 0 Å². The molecule has 1 saturated carbocycles. The van der Waals surface area contributed by atoms with E-state index in [2.05, 4.69) is 37.6 Å². The zero-order valence-electron chi connectivity index (χ0n) is 11.2. The number of pyridine rings is 1. The molecule has 6 heteroatoms. The van der Waals surface area contributed by atoms with E-state index in [-0.39, 0.29) is 6.10 Å². The van der Waals surface area contributed by atoms with Crippen LogP contribution in [0.4, 0.5) is 0 Å². The Hall–Kier alpha value is -1.14. The highest BCUT2D eigenvalue weighted by Crippen LogP contribution is 2.45. The van der Waals surface area contributed by atoms with E-state index in [4.69, 9.17) is 4.74 Å². The van der Waals surface area contributed by atoms with Crippen LogP contribution >= 0.6 is 15.9 Å². The van der Waals surface area contributed by atoms with Gasteiger partial charge in [-0.3, -0.25) is 4.40 Å². The molecule has 2 fully saturated rings. The smallest absolute Gasteiger partial charge is 0.204 e. The van der Waals surface area contributed by atoms with E-state index in [0.29, 0.717) is 5.92 Å². The summed E-state index contributed by atoms with van der Waals surface area (Å²) in [6, 6.07) is 2.03. The van der Waals surface area contributed by atoms with Crippen molar-refractivity contribution < 1.29 is 4.74 Å². The molecule has 5 nitrogen and oxygen atoms in total. The SMILES string of the molecule is Brc1nnc2cc(O[C@@H]3CCCNC3)c(C3CC3)cn12. The van der Waals surface area contributed by atoms with Gasteiger partial charge in [0, 0.05) is 24.4 Å². The molecule has 0 aromatic carbocycles. The van der Waals surface area contributed by atoms with Gasteiger partial charge in [-0.15, -0.1) is 10.2 Å². The first kappa shape index (κ1) is 12.6. The summed E-state index contributed by atoms with van der Waals surface area (Å²) in [6.07, 6.45) is 7.22. The van der Waals surface area contributed by atoms with Crippen LogP contribution in [0.25, 0.3) is 5.65 Å². The lowest BCUT2D eigenvalue weighted by Crippen LogP contribution is -2.37. The molecular weight excluding hydrogens is 320 g/mol. The van der Waals surface area contributed by atoms with E-state index < -0.39 is 0 Å². The van der Waals surface area contributed by atoms with Crippen LogP contribution in [-0.2, 0) is 0 Å². The number of fused-ring (bicyclic) bond motifs is 1. The Morgan fingerprint density at radius 1 is 1.30 bits per heavy atom. The van der Waals surface area contributed by atoms with Crippen LogP contribution in [0.1, 0.15) is 37.2 Å². The van der Waals surface area contributed by atoms with Crippen molar-refractivity contribution >= 4 is 21.6 Å². The Bertz CT molecular complexity index is 631.